The summed E-state index contributed by atoms with van der Waals surface area (Å²) in [6.07, 6.45) is 7.82. The predicted molar refractivity (Wildman–Crippen MR) is 111 cm³/mol. The monoisotopic (exact) mass is 412 g/mol. The minimum absolute atomic E-state index is 0.290. The highest BCUT2D eigenvalue weighted by Crippen LogP contribution is 2.20. The van der Waals surface area contributed by atoms with Crippen molar-refractivity contribution < 1.29 is 23.6 Å². The van der Waals surface area contributed by atoms with Crippen LogP contribution in [0.5, 0.6) is 5.75 Å². The molecule has 0 spiro atoms. The molecule has 0 radical (unpaired) electrons. The Bertz CT molecular complexity index is 897. The van der Waals surface area contributed by atoms with Crippen LogP contribution in [0.4, 0.5) is 0 Å². The zero-order chi connectivity index (χ0) is 21.3. The van der Waals surface area contributed by atoms with E-state index in [2.05, 4.69) is 16.5 Å². The molecule has 1 amide bonds. The second-order valence-electron chi connectivity index (χ2n) is 7.40. The Morgan fingerprint density at radius 3 is 2.83 bits per heavy atom. The number of nitrogens with zero attached hydrogens (tertiary/aromatic N) is 1. The number of carbonyl (C=O) groups excluding carboxylic acids is 2. The van der Waals surface area contributed by atoms with E-state index >= 15 is 0 Å². The van der Waals surface area contributed by atoms with Gasteiger partial charge in [-0.25, -0.2) is 4.79 Å². The van der Waals surface area contributed by atoms with Gasteiger partial charge in [-0.3, -0.25) is 4.79 Å². The van der Waals surface area contributed by atoms with Gasteiger partial charge >= 0.3 is 5.97 Å². The summed E-state index contributed by atoms with van der Waals surface area (Å²) >= 11 is 0. The molecule has 0 unspecified atom stereocenters. The van der Waals surface area contributed by atoms with E-state index in [0.29, 0.717) is 30.2 Å². The van der Waals surface area contributed by atoms with Crippen molar-refractivity contribution in [1.82, 2.24) is 10.5 Å². The molecule has 2 aromatic rings. The van der Waals surface area contributed by atoms with Crippen molar-refractivity contribution in [2.75, 3.05) is 13.2 Å². The maximum Gasteiger partial charge on any atom is 0.338 e. The molecular weight excluding hydrogens is 384 g/mol. The number of hydrogen-bond donors (Lipinski definition) is 1. The summed E-state index contributed by atoms with van der Waals surface area (Å²) < 4.78 is 16.0. The van der Waals surface area contributed by atoms with E-state index in [-0.39, 0.29) is 12.5 Å². The van der Waals surface area contributed by atoms with Crippen LogP contribution in [0.1, 0.15) is 59.5 Å². The van der Waals surface area contributed by atoms with Gasteiger partial charge in [0.25, 0.3) is 5.91 Å². The molecule has 1 heterocycles. The molecule has 1 aliphatic rings. The minimum atomic E-state index is -0.567. The van der Waals surface area contributed by atoms with Crippen LogP contribution in [0, 0.1) is 13.8 Å². The van der Waals surface area contributed by atoms with Crippen molar-refractivity contribution >= 4 is 11.9 Å². The van der Waals surface area contributed by atoms with E-state index in [1.807, 2.05) is 13.8 Å². The van der Waals surface area contributed by atoms with Crippen LogP contribution in [0.15, 0.2) is 40.4 Å². The topological polar surface area (TPSA) is 90.7 Å². The smallest absolute Gasteiger partial charge is 0.338 e. The Balaban J connectivity index is 1.43. The second kappa shape index (κ2) is 10.6. The highest BCUT2D eigenvalue weighted by Gasteiger charge is 2.13. The van der Waals surface area contributed by atoms with Crippen molar-refractivity contribution in [1.29, 1.82) is 0 Å². The Hall–Kier alpha value is -3.09. The van der Waals surface area contributed by atoms with Crippen LogP contribution in [0.25, 0.3) is 0 Å². The highest BCUT2D eigenvalue weighted by molar-refractivity contribution is 5.91. The van der Waals surface area contributed by atoms with E-state index in [1.165, 1.54) is 18.4 Å². The minimum Gasteiger partial charge on any atom is -0.489 e. The number of nitrogens with one attached hydrogen (secondary N) is 1. The summed E-state index contributed by atoms with van der Waals surface area (Å²) in [6, 6.07) is 6.67. The van der Waals surface area contributed by atoms with Gasteiger partial charge in [-0.1, -0.05) is 22.9 Å². The van der Waals surface area contributed by atoms with Crippen LogP contribution in [-0.4, -0.2) is 30.2 Å². The van der Waals surface area contributed by atoms with Gasteiger partial charge in [0.2, 0.25) is 0 Å². The fourth-order valence-corrected chi connectivity index (χ4v) is 3.34. The maximum absolute atomic E-state index is 12.3. The number of aryl methyl sites for hydroxylation is 2. The number of benzene rings is 1. The average Bonchev–Trinajstić information content (AvgIpc) is 3.09. The number of carbonyl (C=O) groups is 2. The second-order valence-corrected chi connectivity index (χ2v) is 7.40. The average molecular weight is 412 g/mol. The van der Waals surface area contributed by atoms with Gasteiger partial charge in [0.1, 0.15) is 18.1 Å². The molecular formula is C23H28N2O5. The van der Waals surface area contributed by atoms with Gasteiger partial charge < -0.3 is 19.3 Å². The number of aromatic nitrogens is 1. The molecule has 0 bridgehead atoms. The molecule has 0 saturated carbocycles. The number of allylic oxidation sites excluding steroid dienone is 1. The lowest BCUT2D eigenvalue weighted by Crippen LogP contribution is -2.29. The largest absolute Gasteiger partial charge is 0.489 e. The number of amides is 1. The highest BCUT2D eigenvalue weighted by atomic mass is 16.5. The molecule has 0 fully saturated rings. The first kappa shape index (κ1) is 21.6. The molecule has 0 atom stereocenters. The fraction of sp³-hybridized carbons (Fsp3) is 0.435. The van der Waals surface area contributed by atoms with Gasteiger partial charge in [-0.05, 0) is 64.2 Å². The van der Waals surface area contributed by atoms with Crippen molar-refractivity contribution in [2.45, 2.75) is 52.6 Å². The normalized spacial score (nSPS) is 13.5. The van der Waals surface area contributed by atoms with Crippen LogP contribution < -0.4 is 10.1 Å². The van der Waals surface area contributed by atoms with Gasteiger partial charge in [0.15, 0.2) is 6.61 Å². The first-order valence-electron chi connectivity index (χ1n) is 10.3. The van der Waals surface area contributed by atoms with Crippen molar-refractivity contribution in [3.8, 4) is 5.75 Å². The third-order valence-corrected chi connectivity index (χ3v) is 5.12. The summed E-state index contributed by atoms with van der Waals surface area (Å²) in [4.78, 5) is 24.2. The number of rotatable bonds is 9. The summed E-state index contributed by atoms with van der Waals surface area (Å²) in [7, 11) is 0. The molecule has 1 aliphatic carbocycles. The zero-order valence-electron chi connectivity index (χ0n) is 17.5. The number of esters is 1. The summed E-state index contributed by atoms with van der Waals surface area (Å²) in [5, 5.41) is 6.69. The van der Waals surface area contributed by atoms with E-state index < -0.39 is 5.97 Å². The van der Waals surface area contributed by atoms with Gasteiger partial charge in [-0.2, -0.15) is 0 Å². The summed E-state index contributed by atoms with van der Waals surface area (Å²) in [5.41, 5.74) is 3.37. The van der Waals surface area contributed by atoms with Crippen LogP contribution in [-0.2, 0) is 16.1 Å². The molecule has 0 aliphatic heterocycles. The Morgan fingerprint density at radius 1 is 1.23 bits per heavy atom. The lowest BCUT2D eigenvalue weighted by Gasteiger charge is -2.13. The Kier molecular flexibility index (Phi) is 7.65. The van der Waals surface area contributed by atoms with Crippen LogP contribution in [0.2, 0.25) is 0 Å². The van der Waals surface area contributed by atoms with E-state index in [1.54, 1.807) is 24.3 Å². The standard InChI is InChI=1S/C23H28N2O5/c1-16-21(17(2)30-25-16)14-28-20-10-6-9-19(13-20)23(27)29-15-22(26)24-12-11-18-7-4-3-5-8-18/h6-7,9-10,13H,3-5,8,11-12,14-15H2,1-2H3,(H,24,26). The first-order chi connectivity index (χ1) is 14.5. The van der Waals surface area contributed by atoms with Crippen molar-refractivity contribution in [2.24, 2.45) is 0 Å². The summed E-state index contributed by atoms with van der Waals surface area (Å²) in [6.45, 7) is 4.22. The molecule has 1 N–H and O–H groups in total. The molecule has 160 valence electrons. The quantitative estimate of drug-likeness (QED) is 0.494. The molecule has 30 heavy (non-hydrogen) atoms. The maximum atomic E-state index is 12.3. The molecule has 1 aromatic carbocycles. The van der Waals surface area contributed by atoms with E-state index in [0.717, 1.165) is 30.5 Å². The van der Waals surface area contributed by atoms with Gasteiger partial charge in [0.05, 0.1) is 16.8 Å². The van der Waals surface area contributed by atoms with Crippen molar-refractivity contribution in [3.05, 3.63) is 58.5 Å². The molecule has 0 saturated heterocycles. The lowest BCUT2D eigenvalue weighted by molar-refractivity contribution is -0.124. The summed E-state index contributed by atoms with van der Waals surface area (Å²) in [5.74, 6) is 0.358. The predicted octanol–water partition coefficient (Wildman–Crippen LogP) is 4.03. The van der Waals surface area contributed by atoms with Crippen LogP contribution in [0.3, 0.4) is 0 Å². The number of ether oxygens (including phenoxy) is 2. The molecule has 3 rings (SSSR count). The first-order valence-corrected chi connectivity index (χ1v) is 10.3. The third-order valence-electron chi connectivity index (χ3n) is 5.12. The van der Waals surface area contributed by atoms with Crippen LogP contribution >= 0.6 is 0 Å². The van der Waals surface area contributed by atoms with E-state index in [4.69, 9.17) is 14.0 Å². The zero-order valence-corrected chi connectivity index (χ0v) is 17.5. The Morgan fingerprint density at radius 2 is 2.10 bits per heavy atom. The Labute approximate surface area is 176 Å². The number of hydrogen-bond acceptors (Lipinski definition) is 6. The lowest BCUT2D eigenvalue weighted by atomic mass is 9.97. The molecule has 7 heteroatoms. The third kappa shape index (κ3) is 6.20. The van der Waals surface area contributed by atoms with E-state index in [9.17, 15) is 9.59 Å². The van der Waals surface area contributed by atoms with Gasteiger partial charge in [0, 0.05) is 6.54 Å². The SMILES string of the molecule is Cc1noc(C)c1COc1cccc(C(=O)OCC(=O)NCCC2=CCCCC2)c1. The van der Waals surface area contributed by atoms with Crippen molar-refractivity contribution in [3.63, 3.8) is 0 Å². The molecule has 7 nitrogen and oxygen atoms in total. The fourth-order valence-electron chi connectivity index (χ4n) is 3.34. The molecule has 1 aromatic heterocycles. The van der Waals surface area contributed by atoms with Gasteiger partial charge in [-0.15, -0.1) is 0 Å².